The summed E-state index contributed by atoms with van der Waals surface area (Å²) in [6.07, 6.45) is 0. The van der Waals surface area contributed by atoms with Crippen molar-refractivity contribution in [2.24, 2.45) is 5.73 Å². The topological polar surface area (TPSA) is 55.1 Å². The molecule has 3 heteroatoms. The van der Waals surface area contributed by atoms with Crippen LogP contribution in [0, 0.1) is 0 Å². The van der Waals surface area contributed by atoms with E-state index >= 15 is 0 Å². The van der Waals surface area contributed by atoms with Gasteiger partial charge in [0.05, 0.1) is 0 Å². The number of carbonyl (C=O) groups excluding carboxylic acids is 1. The van der Waals surface area contributed by atoms with Crippen molar-refractivity contribution in [2.75, 3.05) is 0 Å². The highest BCUT2D eigenvalue weighted by Crippen LogP contribution is 2.11. The Bertz CT molecular complexity index is 327. The third-order valence-corrected chi connectivity index (χ3v) is 1.94. The van der Waals surface area contributed by atoms with Crippen LogP contribution in [-0.4, -0.2) is 11.4 Å². The second-order valence-electron chi connectivity index (χ2n) is 4.63. The van der Waals surface area contributed by atoms with Gasteiger partial charge in [-0.05, 0) is 26.3 Å². The Hall–Kier alpha value is -1.35. The Morgan fingerprint density at radius 2 is 1.80 bits per heavy atom. The lowest BCUT2D eigenvalue weighted by molar-refractivity contribution is -0.123. The van der Waals surface area contributed by atoms with Crippen LogP contribution in [0.25, 0.3) is 0 Å². The summed E-state index contributed by atoms with van der Waals surface area (Å²) in [6, 6.07) is 8.77. The molecule has 1 aromatic rings. The fourth-order valence-electron chi connectivity index (χ4n) is 1.26. The van der Waals surface area contributed by atoms with Gasteiger partial charge in [-0.2, -0.15) is 0 Å². The highest BCUT2D eigenvalue weighted by molar-refractivity contribution is 5.83. The minimum Gasteiger partial charge on any atom is -0.350 e. The number of amides is 1. The summed E-state index contributed by atoms with van der Waals surface area (Å²) in [4.78, 5) is 11.7. The average molecular weight is 206 g/mol. The summed E-state index contributed by atoms with van der Waals surface area (Å²) in [5, 5.41) is 2.85. The fourth-order valence-corrected chi connectivity index (χ4v) is 1.26. The Morgan fingerprint density at radius 1 is 1.27 bits per heavy atom. The number of carbonyl (C=O) groups is 1. The van der Waals surface area contributed by atoms with Crippen LogP contribution < -0.4 is 11.1 Å². The van der Waals surface area contributed by atoms with Gasteiger partial charge in [-0.15, -0.1) is 0 Å². The van der Waals surface area contributed by atoms with Gasteiger partial charge in [-0.3, -0.25) is 4.79 Å². The predicted molar refractivity (Wildman–Crippen MR) is 61.3 cm³/mol. The minimum absolute atomic E-state index is 0.145. The summed E-state index contributed by atoms with van der Waals surface area (Å²) in [7, 11) is 0. The first kappa shape index (κ1) is 11.7. The lowest BCUT2D eigenvalue weighted by Crippen LogP contribution is -2.45. The SMILES string of the molecule is CC(C)(C)NC(=O)[C@@H](N)c1ccccc1. The molecule has 82 valence electrons. The molecule has 3 N–H and O–H groups in total. The maximum absolute atomic E-state index is 11.7. The number of nitrogens with one attached hydrogen (secondary N) is 1. The molecule has 0 heterocycles. The van der Waals surface area contributed by atoms with Gasteiger partial charge in [-0.25, -0.2) is 0 Å². The van der Waals surface area contributed by atoms with Gasteiger partial charge in [-0.1, -0.05) is 30.3 Å². The molecule has 0 radical (unpaired) electrons. The van der Waals surface area contributed by atoms with Crippen molar-refractivity contribution in [1.82, 2.24) is 5.32 Å². The molecule has 0 spiro atoms. The lowest BCUT2D eigenvalue weighted by atomic mass is 10.0. The molecule has 1 amide bonds. The van der Waals surface area contributed by atoms with Gasteiger partial charge in [0.25, 0.3) is 0 Å². The smallest absolute Gasteiger partial charge is 0.241 e. The number of rotatable bonds is 2. The molecule has 0 aliphatic rings. The molecule has 0 saturated heterocycles. The monoisotopic (exact) mass is 206 g/mol. The molecular formula is C12H18N2O. The van der Waals surface area contributed by atoms with Crippen LogP contribution in [0.3, 0.4) is 0 Å². The largest absolute Gasteiger partial charge is 0.350 e. The standard InChI is InChI=1S/C12H18N2O/c1-12(2,3)14-11(15)10(13)9-7-5-4-6-8-9/h4-8,10H,13H2,1-3H3,(H,14,15)/t10-/m0/s1. The van der Waals surface area contributed by atoms with Gasteiger partial charge in [0, 0.05) is 5.54 Å². The van der Waals surface area contributed by atoms with Crippen molar-refractivity contribution in [3.63, 3.8) is 0 Å². The number of hydrogen-bond donors (Lipinski definition) is 2. The van der Waals surface area contributed by atoms with E-state index < -0.39 is 6.04 Å². The summed E-state index contributed by atoms with van der Waals surface area (Å²) < 4.78 is 0. The van der Waals surface area contributed by atoms with Crippen LogP contribution >= 0.6 is 0 Å². The zero-order chi connectivity index (χ0) is 11.5. The molecule has 0 aliphatic heterocycles. The van der Waals surface area contributed by atoms with E-state index in [1.807, 2.05) is 51.1 Å². The maximum atomic E-state index is 11.7. The Balaban J connectivity index is 2.70. The van der Waals surface area contributed by atoms with Crippen molar-refractivity contribution in [3.05, 3.63) is 35.9 Å². The molecule has 0 bridgehead atoms. The second-order valence-corrected chi connectivity index (χ2v) is 4.63. The van der Waals surface area contributed by atoms with Crippen molar-refractivity contribution < 1.29 is 4.79 Å². The third-order valence-electron chi connectivity index (χ3n) is 1.94. The van der Waals surface area contributed by atoms with E-state index in [1.54, 1.807) is 0 Å². The van der Waals surface area contributed by atoms with Gasteiger partial charge in [0.1, 0.15) is 6.04 Å². The van der Waals surface area contributed by atoms with Crippen LogP contribution in [0.5, 0.6) is 0 Å². The summed E-state index contributed by atoms with van der Waals surface area (Å²) >= 11 is 0. The van der Waals surface area contributed by atoms with E-state index in [9.17, 15) is 4.79 Å². The Morgan fingerprint density at radius 3 is 2.27 bits per heavy atom. The van der Waals surface area contributed by atoms with E-state index in [0.717, 1.165) is 5.56 Å². The van der Waals surface area contributed by atoms with Crippen molar-refractivity contribution in [3.8, 4) is 0 Å². The molecule has 0 unspecified atom stereocenters. The average Bonchev–Trinajstić information content (AvgIpc) is 2.15. The summed E-state index contributed by atoms with van der Waals surface area (Å²) in [5.41, 5.74) is 6.42. The van der Waals surface area contributed by atoms with Crippen molar-refractivity contribution >= 4 is 5.91 Å². The fraction of sp³-hybridized carbons (Fsp3) is 0.417. The molecule has 1 atom stereocenters. The molecule has 0 saturated carbocycles. The lowest BCUT2D eigenvalue weighted by Gasteiger charge is -2.23. The van der Waals surface area contributed by atoms with E-state index in [1.165, 1.54) is 0 Å². The van der Waals surface area contributed by atoms with E-state index in [2.05, 4.69) is 5.32 Å². The zero-order valence-electron chi connectivity index (χ0n) is 9.45. The quantitative estimate of drug-likeness (QED) is 0.772. The first-order chi connectivity index (χ1) is 6.90. The highest BCUT2D eigenvalue weighted by Gasteiger charge is 2.20. The third kappa shape index (κ3) is 3.72. The first-order valence-corrected chi connectivity index (χ1v) is 5.03. The highest BCUT2D eigenvalue weighted by atomic mass is 16.2. The normalized spacial score (nSPS) is 13.3. The summed E-state index contributed by atoms with van der Waals surface area (Å²) in [5.74, 6) is -0.145. The summed E-state index contributed by atoms with van der Waals surface area (Å²) in [6.45, 7) is 5.80. The molecule has 0 fully saturated rings. The zero-order valence-corrected chi connectivity index (χ0v) is 9.45. The molecular weight excluding hydrogens is 188 g/mol. The van der Waals surface area contributed by atoms with Gasteiger partial charge in [0.2, 0.25) is 5.91 Å². The molecule has 1 aromatic carbocycles. The number of benzene rings is 1. The molecule has 3 nitrogen and oxygen atoms in total. The van der Waals surface area contributed by atoms with Gasteiger partial charge >= 0.3 is 0 Å². The van der Waals surface area contributed by atoms with Crippen molar-refractivity contribution in [1.29, 1.82) is 0 Å². The number of hydrogen-bond acceptors (Lipinski definition) is 2. The van der Waals surface area contributed by atoms with Gasteiger partial charge < -0.3 is 11.1 Å². The van der Waals surface area contributed by atoms with E-state index in [-0.39, 0.29) is 11.4 Å². The number of nitrogens with two attached hydrogens (primary N) is 1. The van der Waals surface area contributed by atoms with E-state index in [4.69, 9.17) is 5.73 Å². The predicted octanol–water partition coefficient (Wildman–Crippen LogP) is 1.60. The maximum Gasteiger partial charge on any atom is 0.241 e. The van der Waals surface area contributed by atoms with Crippen LogP contribution in [0.2, 0.25) is 0 Å². The van der Waals surface area contributed by atoms with Crippen LogP contribution in [0.4, 0.5) is 0 Å². The van der Waals surface area contributed by atoms with E-state index in [0.29, 0.717) is 0 Å². The van der Waals surface area contributed by atoms with Crippen LogP contribution in [-0.2, 0) is 4.79 Å². The second kappa shape index (κ2) is 4.45. The molecule has 0 aliphatic carbocycles. The van der Waals surface area contributed by atoms with Crippen LogP contribution in [0.1, 0.15) is 32.4 Å². The Kier molecular flexibility index (Phi) is 3.48. The van der Waals surface area contributed by atoms with Gasteiger partial charge in [0.15, 0.2) is 0 Å². The molecule has 1 rings (SSSR count). The molecule has 15 heavy (non-hydrogen) atoms. The first-order valence-electron chi connectivity index (χ1n) is 5.03. The molecule has 0 aromatic heterocycles. The van der Waals surface area contributed by atoms with Crippen LogP contribution in [0.15, 0.2) is 30.3 Å². The Labute approximate surface area is 90.7 Å². The van der Waals surface area contributed by atoms with Crippen molar-refractivity contribution in [2.45, 2.75) is 32.4 Å². The minimum atomic E-state index is -0.592.